The third-order valence-electron chi connectivity index (χ3n) is 3.15. The maximum absolute atomic E-state index is 11.9. The molecule has 6 nitrogen and oxygen atoms in total. The Morgan fingerprint density at radius 1 is 1.19 bits per heavy atom. The molecule has 2 aromatic carbocycles. The number of carbonyl (C=O) groups excluding carboxylic acids is 1. The number of hydrogen-bond acceptors (Lipinski definition) is 5. The van der Waals surface area contributed by atoms with Gasteiger partial charge in [0.1, 0.15) is 12.4 Å². The average Bonchev–Trinajstić information content (AvgIpc) is 2.66. The van der Waals surface area contributed by atoms with Gasteiger partial charge in [-0.2, -0.15) is 5.10 Å². The number of nitrogens with one attached hydrogen (secondary N) is 1. The lowest BCUT2D eigenvalue weighted by Crippen LogP contribution is -2.24. The molecular formula is C19H19BrN2O4. The van der Waals surface area contributed by atoms with Crippen molar-refractivity contribution in [3.63, 3.8) is 0 Å². The molecule has 0 saturated carbocycles. The van der Waals surface area contributed by atoms with E-state index in [1.165, 1.54) is 13.3 Å². The molecule has 0 aromatic heterocycles. The Hall–Kier alpha value is -2.80. The summed E-state index contributed by atoms with van der Waals surface area (Å²) in [5.41, 5.74) is 3.13. The van der Waals surface area contributed by atoms with Gasteiger partial charge in [-0.25, -0.2) is 5.43 Å². The Kier molecular flexibility index (Phi) is 7.70. The van der Waals surface area contributed by atoms with Crippen molar-refractivity contribution in [2.24, 2.45) is 5.10 Å². The monoisotopic (exact) mass is 418 g/mol. The Bertz CT molecular complexity index is 793. The van der Waals surface area contributed by atoms with Crippen molar-refractivity contribution < 1.29 is 19.0 Å². The first-order chi connectivity index (χ1) is 12.6. The molecule has 0 aliphatic heterocycles. The summed E-state index contributed by atoms with van der Waals surface area (Å²) < 4.78 is 17.0. The summed E-state index contributed by atoms with van der Waals surface area (Å²) in [6, 6.07) is 12.6. The number of methoxy groups -OCH3 is 1. The van der Waals surface area contributed by atoms with Crippen LogP contribution in [-0.4, -0.2) is 32.4 Å². The van der Waals surface area contributed by atoms with E-state index in [-0.39, 0.29) is 6.61 Å². The number of carbonyl (C=O) groups is 1. The quantitative estimate of drug-likeness (QED) is 0.384. The molecule has 0 fully saturated rings. The first-order valence-electron chi connectivity index (χ1n) is 7.75. The van der Waals surface area contributed by atoms with E-state index in [2.05, 4.69) is 33.0 Å². The molecule has 0 aliphatic carbocycles. The van der Waals surface area contributed by atoms with Crippen molar-refractivity contribution >= 4 is 28.1 Å². The van der Waals surface area contributed by atoms with Crippen LogP contribution in [0.15, 0.2) is 64.7 Å². The molecule has 136 valence electrons. The molecule has 0 saturated heterocycles. The highest BCUT2D eigenvalue weighted by Crippen LogP contribution is 2.25. The van der Waals surface area contributed by atoms with E-state index in [0.29, 0.717) is 29.4 Å². The van der Waals surface area contributed by atoms with Gasteiger partial charge in [-0.1, -0.05) is 40.7 Å². The normalized spacial score (nSPS) is 10.4. The fraction of sp³-hybridized carbons (Fsp3) is 0.158. The molecular weight excluding hydrogens is 400 g/mol. The Labute approximate surface area is 160 Å². The highest BCUT2D eigenvalue weighted by molar-refractivity contribution is 9.10. The number of rotatable bonds is 9. The van der Waals surface area contributed by atoms with Crippen LogP contribution in [0.2, 0.25) is 0 Å². The van der Waals surface area contributed by atoms with Gasteiger partial charge in [0.15, 0.2) is 18.1 Å². The third kappa shape index (κ3) is 5.93. The van der Waals surface area contributed by atoms with E-state index in [0.717, 1.165) is 4.47 Å². The summed E-state index contributed by atoms with van der Waals surface area (Å²) >= 11 is 3.39. The topological polar surface area (TPSA) is 69.2 Å². The lowest BCUT2D eigenvalue weighted by atomic mass is 10.2. The molecule has 1 N–H and O–H groups in total. The fourth-order valence-corrected chi connectivity index (χ4v) is 2.37. The van der Waals surface area contributed by atoms with Crippen molar-refractivity contribution in [2.75, 3.05) is 20.3 Å². The average molecular weight is 419 g/mol. The largest absolute Gasteiger partial charge is 0.493 e. The first-order valence-corrected chi connectivity index (χ1v) is 8.54. The van der Waals surface area contributed by atoms with Crippen molar-refractivity contribution in [3.05, 3.63) is 65.2 Å². The Morgan fingerprint density at radius 2 is 1.96 bits per heavy atom. The second-order valence-corrected chi connectivity index (χ2v) is 5.93. The molecule has 0 unspecified atom stereocenters. The van der Waals surface area contributed by atoms with Gasteiger partial charge in [-0.3, -0.25) is 4.79 Å². The van der Waals surface area contributed by atoms with Crippen molar-refractivity contribution in [3.8, 4) is 17.2 Å². The number of ether oxygens (including phenoxy) is 3. The number of nitrogens with zero attached hydrogens (tertiary/aromatic N) is 1. The molecule has 0 bridgehead atoms. The van der Waals surface area contributed by atoms with Gasteiger partial charge < -0.3 is 14.2 Å². The van der Waals surface area contributed by atoms with Crippen LogP contribution in [0.5, 0.6) is 17.2 Å². The van der Waals surface area contributed by atoms with E-state index < -0.39 is 5.91 Å². The second kappa shape index (κ2) is 10.2. The van der Waals surface area contributed by atoms with E-state index >= 15 is 0 Å². The van der Waals surface area contributed by atoms with Crippen LogP contribution in [0.4, 0.5) is 0 Å². The summed E-state index contributed by atoms with van der Waals surface area (Å²) in [6.07, 6.45) is 3.16. The van der Waals surface area contributed by atoms with E-state index in [1.807, 2.05) is 24.3 Å². The minimum absolute atomic E-state index is 0.185. The van der Waals surface area contributed by atoms with E-state index in [4.69, 9.17) is 14.2 Å². The van der Waals surface area contributed by atoms with Gasteiger partial charge in [-0.05, 0) is 30.3 Å². The van der Waals surface area contributed by atoms with Crippen LogP contribution in [0.25, 0.3) is 0 Å². The van der Waals surface area contributed by atoms with E-state index in [1.54, 1.807) is 24.3 Å². The maximum atomic E-state index is 11.9. The van der Waals surface area contributed by atoms with Crippen molar-refractivity contribution in [2.45, 2.75) is 0 Å². The minimum Gasteiger partial charge on any atom is -0.493 e. The molecule has 0 spiro atoms. The molecule has 2 aromatic rings. The van der Waals surface area contributed by atoms with Gasteiger partial charge in [-0.15, -0.1) is 0 Å². The molecule has 0 atom stereocenters. The molecule has 7 heteroatoms. The number of amides is 1. The highest BCUT2D eigenvalue weighted by atomic mass is 79.9. The lowest BCUT2D eigenvalue weighted by molar-refractivity contribution is -0.123. The summed E-state index contributed by atoms with van der Waals surface area (Å²) in [5, 5.41) is 3.94. The van der Waals surface area contributed by atoms with Crippen molar-refractivity contribution in [1.82, 2.24) is 5.43 Å². The first kappa shape index (κ1) is 19.5. The number of benzene rings is 2. The summed E-state index contributed by atoms with van der Waals surface area (Å²) in [4.78, 5) is 11.9. The van der Waals surface area contributed by atoms with Crippen LogP contribution in [0, 0.1) is 0 Å². The predicted molar refractivity (Wildman–Crippen MR) is 104 cm³/mol. The minimum atomic E-state index is -0.393. The van der Waals surface area contributed by atoms with Gasteiger partial charge >= 0.3 is 0 Å². The van der Waals surface area contributed by atoms with Crippen LogP contribution in [0.1, 0.15) is 5.56 Å². The van der Waals surface area contributed by atoms with E-state index in [9.17, 15) is 4.79 Å². The maximum Gasteiger partial charge on any atom is 0.277 e. The van der Waals surface area contributed by atoms with Gasteiger partial charge in [0.2, 0.25) is 0 Å². The standard InChI is InChI=1S/C19H19BrN2O4/c1-3-10-25-16-9-8-15(20)11-14(16)12-21-22-19(23)13-26-18-7-5-4-6-17(18)24-2/h3-9,11-12H,1,10,13H2,2H3,(H,22,23)/b21-12-. The van der Waals surface area contributed by atoms with Crippen LogP contribution >= 0.6 is 15.9 Å². The van der Waals surface area contributed by atoms with Crippen LogP contribution < -0.4 is 19.6 Å². The molecule has 0 radical (unpaired) electrons. The number of halogens is 1. The molecule has 2 rings (SSSR count). The fourth-order valence-electron chi connectivity index (χ4n) is 1.99. The van der Waals surface area contributed by atoms with Crippen molar-refractivity contribution in [1.29, 1.82) is 0 Å². The van der Waals surface area contributed by atoms with Gasteiger partial charge in [0, 0.05) is 10.0 Å². The molecule has 0 heterocycles. The zero-order chi connectivity index (χ0) is 18.8. The number of hydrogen-bond donors (Lipinski definition) is 1. The second-order valence-electron chi connectivity index (χ2n) is 5.01. The Balaban J connectivity index is 1.92. The summed E-state index contributed by atoms with van der Waals surface area (Å²) in [5.74, 6) is 1.29. The number of hydrazone groups is 1. The number of para-hydroxylation sites is 2. The summed E-state index contributed by atoms with van der Waals surface area (Å²) in [6.45, 7) is 3.81. The Morgan fingerprint density at radius 3 is 2.69 bits per heavy atom. The van der Waals surface area contributed by atoms with Crippen LogP contribution in [0.3, 0.4) is 0 Å². The van der Waals surface area contributed by atoms with Crippen LogP contribution in [-0.2, 0) is 4.79 Å². The SMILES string of the molecule is C=CCOc1ccc(Br)cc1/C=N\NC(=O)COc1ccccc1OC. The smallest absolute Gasteiger partial charge is 0.277 e. The molecule has 26 heavy (non-hydrogen) atoms. The predicted octanol–water partition coefficient (Wildman–Crippen LogP) is 3.55. The van der Waals surface area contributed by atoms with Gasteiger partial charge in [0.25, 0.3) is 5.91 Å². The molecule has 1 amide bonds. The highest BCUT2D eigenvalue weighted by Gasteiger charge is 2.06. The molecule has 0 aliphatic rings. The third-order valence-corrected chi connectivity index (χ3v) is 3.64. The zero-order valence-electron chi connectivity index (χ0n) is 14.3. The lowest BCUT2D eigenvalue weighted by Gasteiger charge is -2.09. The van der Waals surface area contributed by atoms with Gasteiger partial charge in [0.05, 0.1) is 13.3 Å². The zero-order valence-corrected chi connectivity index (χ0v) is 15.9. The summed E-state index contributed by atoms with van der Waals surface area (Å²) in [7, 11) is 1.54.